The van der Waals surface area contributed by atoms with Gasteiger partial charge in [0.25, 0.3) is 0 Å². The zero-order valence-electron chi connectivity index (χ0n) is 17.8. The van der Waals surface area contributed by atoms with Crippen LogP contribution in [0.25, 0.3) is 11.1 Å². The molecule has 1 saturated heterocycles. The molecule has 31 heavy (non-hydrogen) atoms. The summed E-state index contributed by atoms with van der Waals surface area (Å²) in [6, 6.07) is 6.30. The molecular weight excluding hydrogens is 429 g/mol. The Balaban J connectivity index is 2.19. The molecule has 0 aliphatic carbocycles. The first-order valence-electron chi connectivity index (χ1n) is 9.79. The van der Waals surface area contributed by atoms with E-state index in [-0.39, 0.29) is 11.1 Å². The molecule has 1 fully saturated rings. The largest absolute Gasteiger partial charge is 0.297 e. The molecule has 0 N–H and O–H groups in total. The molecule has 0 radical (unpaired) electrons. The Kier molecular flexibility index (Phi) is 5.45. The van der Waals surface area contributed by atoms with Crippen LogP contribution in [0.2, 0.25) is 0 Å². The van der Waals surface area contributed by atoms with Crippen molar-refractivity contribution in [2.75, 3.05) is 0 Å². The maximum absolute atomic E-state index is 14.3. The van der Waals surface area contributed by atoms with E-state index in [0.29, 0.717) is 17.5 Å². The van der Waals surface area contributed by atoms with Crippen molar-refractivity contribution in [2.24, 2.45) is 0 Å². The van der Waals surface area contributed by atoms with Gasteiger partial charge in [0.05, 0.1) is 0 Å². The lowest BCUT2D eigenvalue weighted by Gasteiger charge is -2.42. The lowest BCUT2D eigenvalue weighted by atomic mass is 9.77. The van der Waals surface area contributed by atoms with Gasteiger partial charge < -0.3 is 0 Å². The number of Topliss-reactive ketones (excluding diaryl/α,β-unsaturated/α-hetero) is 2. The third kappa shape index (κ3) is 3.14. The smallest absolute Gasteiger partial charge is 0.195 e. The van der Waals surface area contributed by atoms with Crippen LogP contribution in [0.4, 0.5) is 13.2 Å². The topological polar surface area (TPSA) is 68.3 Å². The highest BCUT2D eigenvalue weighted by Crippen LogP contribution is 2.44. The Bertz CT molecular complexity index is 1180. The van der Waals surface area contributed by atoms with E-state index in [2.05, 4.69) is 0 Å². The van der Waals surface area contributed by atoms with Crippen LogP contribution in [0, 0.1) is 17.5 Å². The van der Waals surface area contributed by atoms with E-state index in [9.17, 15) is 31.2 Å². The highest BCUT2D eigenvalue weighted by molar-refractivity contribution is 7.95. The average molecular weight is 452 g/mol. The molecule has 2 aromatic carbocycles. The number of carbonyl (C=O) groups is 2. The normalized spacial score (nSPS) is 20.1. The molecule has 0 unspecified atom stereocenters. The van der Waals surface area contributed by atoms with Gasteiger partial charge in [0.1, 0.15) is 15.4 Å². The fraction of sp³-hybridized carbons (Fsp3) is 0.391. The number of benzene rings is 2. The predicted molar refractivity (Wildman–Crippen MR) is 111 cm³/mol. The van der Waals surface area contributed by atoms with Crippen molar-refractivity contribution in [2.45, 2.75) is 56.5 Å². The van der Waals surface area contributed by atoms with Crippen molar-refractivity contribution in [3.8, 4) is 11.1 Å². The highest BCUT2D eigenvalue weighted by atomic mass is 32.2. The Morgan fingerprint density at radius 1 is 0.871 bits per heavy atom. The predicted octanol–water partition coefficient (Wildman–Crippen LogP) is 4.54. The Morgan fingerprint density at radius 2 is 1.42 bits per heavy atom. The minimum Gasteiger partial charge on any atom is -0.297 e. The molecular formula is C23H23F3O4S. The summed E-state index contributed by atoms with van der Waals surface area (Å²) in [5, 5.41) is 0. The number of hydrogen-bond donors (Lipinski definition) is 0. The van der Waals surface area contributed by atoms with E-state index in [1.165, 1.54) is 45.9 Å². The fourth-order valence-corrected chi connectivity index (χ4v) is 6.15. The van der Waals surface area contributed by atoms with Crippen molar-refractivity contribution in [3.63, 3.8) is 0 Å². The van der Waals surface area contributed by atoms with E-state index in [1.807, 2.05) is 0 Å². The van der Waals surface area contributed by atoms with Gasteiger partial charge in [-0.25, -0.2) is 21.6 Å². The Hall–Kier alpha value is -2.48. The molecule has 0 atom stereocenters. The number of carbonyl (C=O) groups excluding carboxylic acids is 2. The molecule has 0 bridgehead atoms. The first-order valence-corrected chi connectivity index (χ1v) is 11.3. The van der Waals surface area contributed by atoms with Gasteiger partial charge in [0, 0.05) is 5.56 Å². The molecule has 0 saturated carbocycles. The van der Waals surface area contributed by atoms with Gasteiger partial charge >= 0.3 is 0 Å². The Morgan fingerprint density at radius 3 is 1.94 bits per heavy atom. The van der Waals surface area contributed by atoms with Gasteiger partial charge in [-0.3, -0.25) is 9.59 Å². The number of hydrogen-bond acceptors (Lipinski definition) is 4. The van der Waals surface area contributed by atoms with Crippen molar-refractivity contribution in [3.05, 3.63) is 58.9 Å². The lowest BCUT2D eigenvalue weighted by Crippen LogP contribution is -2.63. The van der Waals surface area contributed by atoms with E-state index >= 15 is 0 Å². The van der Waals surface area contributed by atoms with Gasteiger partial charge in [0.2, 0.25) is 0 Å². The second-order valence-corrected chi connectivity index (χ2v) is 11.7. The lowest BCUT2D eigenvalue weighted by molar-refractivity contribution is -0.132. The van der Waals surface area contributed by atoms with E-state index in [4.69, 9.17) is 0 Å². The fourth-order valence-electron chi connectivity index (χ4n) is 4.11. The van der Waals surface area contributed by atoms with Crippen LogP contribution < -0.4 is 0 Å². The maximum atomic E-state index is 14.3. The molecule has 0 spiro atoms. The summed E-state index contributed by atoms with van der Waals surface area (Å²) >= 11 is 0. The molecule has 1 heterocycles. The summed E-state index contributed by atoms with van der Waals surface area (Å²) < 4.78 is 63.5. The second-order valence-electron chi connectivity index (χ2n) is 8.68. The third-order valence-corrected chi connectivity index (χ3v) is 9.33. The summed E-state index contributed by atoms with van der Waals surface area (Å²) in [6.45, 7) is 6.94. The molecule has 2 aromatic rings. The van der Waals surface area contributed by atoms with Crippen LogP contribution in [0.5, 0.6) is 0 Å². The summed E-state index contributed by atoms with van der Waals surface area (Å²) in [4.78, 5) is 26.3. The number of rotatable bonds is 3. The quantitative estimate of drug-likeness (QED) is 0.507. The number of aryl methyl sites for hydroxylation is 1. The van der Waals surface area contributed by atoms with Crippen molar-refractivity contribution >= 4 is 21.4 Å². The molecule has 3 rings (SSSR count). The van der Waals surface area contributed by atoms with Crippen LogP contribution in [0.15, 0.2) is 30.3 Å². The van der Waals surface area contributed by atoms with Crippen LogP contribution >= 0.6 is 0 Å². The monoisotopic (exact) mass is 452 g/mol. The summed E-state index contributed by atoms with van der Waals surface area (Å²) in [7, 11) is -4.09. The van der Waals surface area contributed by atoms with Crippen LogP contribution in [-0.4, -0.2) is 29.5 Å². The molecule has 0 aromatic heterocycles. The van der Waals surface area contributed by atoms with Crippen LogP contribution in [-0.2, 0) is 25.8 Å². The maximum Gasteiger partial charge on any atom is 0.195 e. The van der Waals surface area contributed by atoms with E-state index in [0.717, 1.165) is 12.1 Å². The van der Waals surface area contributed by atoms with Gasteiger partial charge in [-0.05, 0) is 62.9 Å². The molecule has 1 aliphatic heterocycles. The molecule has 8 heteroatoms. The molecule has 4 nitrogen and oxygen atoms in total. The zero-order chi connectivity index (χ0) is 23.5. The van der Waals surface area contributed by atoms with Crippen molar-refractivity contribution in [1.29, 1.82) is 0 Å². The number of sulfone groups is 1. The Labute approximate surface area is 179 Å². The average Bonchev–Trinajstić information content (AvgIpc) is 2.71. The van der Waals surface area contributed by atoms with E-state index < -0.39 is 54.3 Å². The highest BCUT2D eigenvalue weighted by Gasteiger charge is 2.63. The summed E-state index contributed by atoms with van der Waals surface area (Å²) in [6.07, 6.45) is 0.346. The van der Waals surface area contributed by atoms with Gasteiger partial charge in [-0.15, -0.1) is 0 Å². The van der Waals surface area contributed by atoms with Crippen LogP contribution in [0.1, 0.15) is 51.7 Å². The van der Waals surface area contributed by atoms with Crippen molar-refractivity contribution in [1.82, 2.24) is 0 Å². The second kappa shape index (κ2) is 7.29. The number of halogens is 3. The molecule has 166 valence electrons. The minimum absolute atomic E-state index is 0.162. The first-order chi connectivity index (χ1) is 14.2. The summed E-state index contributed by atoms with van der Waals surface area (Å²) in [5.74, 6) is -6.99. The molecule has 0 amide bonds. The van der Waals surface area contributed by atoms with Gasteiger partial charge in [0.15, 0.2) is 38.9 Å². The number of ketones is 2. The van der Waals surface area contributed by atoms with Gasteiger partial charge in [-0.1, -0.05) is 25.1 Å². The SMILES string of the molecule is CCc1cc(-c2ccc(F)c(F)c2F)ccc1C1C(=O)C(C)(C)S(=O)(=O)C(C)(C)C1=O. The van der Waals surface area contributed by atoms with Crippen molar-refractivity contribution < 1.29 is 31.2 Å². The van der Waals surface area contributed by atoms with Crippen LogP contribution in [0.3, 0.4) is 0 Å². The van der Waals surface area contributed by atoms with Gasteiger partial charge in [-0.2, -0.15) is 0 Å². The molecule has 1 aliphatic rings. The van der Waals surface area contributed by atoms with E-state index in [1.54, 1.807) is 6.92 Å². The minimum atomic E-state index is -4.09. The first kappa shape index (κ1) is 23.2. The standard InChI is InChI=1S/C23H23F3O4S/c1-6-12-11-13(15-9-10-16(24)19(26)18(15)25)7-8-14(12)17-20(27)22(2,3)31(29,30)23(4,5)21(17)28/h7-11,17H,6H2,1-5H3. The summed E-state index contributed by atoms with van der Waals surface area (Å²) in [5.41, 5.74) is 0.933. The zero-order valence-corrected chi connectivity index (χ0v) is 18.7. The third-order valence-electron chi connectivity index (χ3n) is 6.24.